The molecule has 1 heterocycles. The van der Waals surface area contributed by atoms with Crippen LogP contribution in [0.5, 0.6) is 0 Å². The van der Waals surface area contributed by atoms with Gasteiger partial charge < -0.3 is 9.64 Å². The Morgan fingerprint density at radius 2 is 1.81 bits per heavy atom. The number of benzene rings is 2. The number of morpholine rings is 1. The van der Waals surface area contributed by atoms with Crippen LogP contribution in [0.4, 0.5) is 4.39 Å². The monoisotopic (exact) mass is 367 g/mol. The summed E-state index contributed by atoms with van der Waals surface area (Å²) in [5.41, 5.74) is 2.42. The molecule has 0 aliphatic carbocycles. The quantitative estimate of drug-likeness (QED) is 0.787. The van der Waals surface area contributed by atoms with Crippen LogP contribution < -0.4 is 0 Å². The number of ether oxygens (including phenoxy) is 1. The molecule has 0 saturated carbocycles. The van der Waals surface area contributed by atoms with Gasteiger partial charge in [-0.2, -0.15) is 5.26 Å². The number of rotatable bonds is 6. The first kappa shape index (κ1) is 19.0. The van der Waals surface area contributed by atoms with Crippen molar-refractivity contribution in [3.05, 3.63) is 71.0 Å². The van der Waals surface area contributed by atoms with Gasteiger partial charge in [0.25, 0.3) is 0 Å². The highest BCUT2D eigenvalue weighted by atomic mass is 19.1. The van der Waals surface area contributed by atoms with E-state index in [0.29, 0.717) is 45.0 Å². The first-order valence-corrected chi connectivity index (χ1v) is 8.95. The van der Waals surface area contributed by atoms with Crippen LogP contribution in [0.25, 0.3) is 0 Å². The maximum absolute atomic E-state index is 13.5. The Balaban J connectivity index is 1.72. The molecule has 1 aliphatic rings. The van der Waals surface area contributed by atoms with E-state index in [9.17, 15) is 9.18 Å². The second-order valence-electron chi connectivity index (χ2n) is 6.58. The zero-order valence-electron chi connectivity index (χ0n) is 15.1. The van der Waals surface area contributed by atoms with Crippen LogP contribution in [0, 0.1) is 17.1 Å². The summed E-state index contributed by atoms with van der Waals surface area (Å²) in [6, 6.07) is 15.8. The molecule has 2 aromatic rings. The summed E-state index contributed by atoms with van der Waals surface area (Å²) in [6.07, 6.45) is 0. The maximum atomic E-state index is 13.5. The van der Waals surface area contributed by atoms with Crippen molar-refractivity contribution >= 4 is 5.91 Å². The Morgan fingerprint density at radius 3 is 2.48 bits per heavy atom. The molecule has 0 aromatic heterocycles. The minimum absolute atomic E-state index is 0.0448. The van der Waals surface area contributed by atoms with Gasteiger partial charge in [-0.1, -0.05) is 24.3 Å². The molecular formula is C21H22FN3O2. The summed E-state index contributed by atoms with van der Waals surface area (Å²) in [4.78, 5) is 16.5. The van der Waals surface area contributed by atoms with Crippen molar-refractivity contribution < 1.29 is 13.9 Å². The molecule has 3 rings (SSSR count). The van der Waals surface area contributed by atoms with Gasteiger partial charge in [-0.05, 0) is 35.4 Å². The van der Waals surface area contributed by atoms with Crippen molar-refractivity contribution in [1.82, 2.24) is 9.80 Å². The van der Waals surface area contributed by atoms with E-state index in [2.05, 4.69) is 6.07 Å². The third kappa shape index (κ3) is 5.61. The molecule has 140 valence electrons. The standard InChI is InChI=1S/C21H22FN3O2/c22-20-3-1-2-19(12-20)15-24(14-18-6-4-17(13-23)5-7-18)16-21(26)25-8-10-27-11-9-25/h1-7,12H,8-11,14-16H2. The second kappa shape index (κ2) is 9.26. The first-order valence-electron chi connectivity index (χ1n) is 8.95. The summed E-state index contributed by atoms with van der Waals surface area (Å²) in [7, 11) is 0. The summed E-state index contributed by atoms with van der Waals surface area (Å²) >= 11 is 0. The lowest BCUT2D eigenvalue weighted by Crippen LogP contribution is -2.45. The van der Waals surface area contributed by atoms with E-state index >= 15 is 0 Å². The highest BCUT2D eigenvalue weighted by molar-refractivity contribution is 5.78. The predicted molar refractivity (Wildman–Crippen MR) is 99.1 cm³/mol. The third-order valence-corrected chi connectivity index (χ3v) is 4.51. The molecule has 2 aromatic carbocycles. The van der Waals surface area contributed by atoms with Crippen molar-refractivity contribution in [2.24, 2.45) is 0 Å². The minimum atomic E-state index is -0.287. The molecule has 1 amide bonds. The highest BCUT2D eigenvalue weighted by Crippen LogP contribution is 2.13. The summed E-state index contributed by atoms with van der Waals surface area (Å²) in [5.74, 6) is -0.242. The predicted octanol–water partition coefficient (Wildman–Crippen LogP) is 2.56. The number of hydrogen-bond donors (Lipinski definition) is 0. The molecule has 1 fully saturated rings. The highest BCUT2D eigenvalue weighted by Gasteiger charge is 2.20. The molecule has 27 heavy (non-hydrogen) atoms. The number of amides is 1. The Kier molecular flexibility index (Phi) is 6.53. The van der Waals surface area contributed by atoms with Crippen LogP contribution in [-0.2, 0) is 22.6 Å². The molecule has 1 aliphatic heterocycles. The number of hydrogen-bond acceptors (Lipinski definition) is 4. The largest absolute Gasteiger partial charge is 0.378 e. The smallest absolute Gasteiger partial charge is 0.236 e. The number of halogens is 1. The zero-order chi connectivity index (χ0) is 19.1. The van der Waals surface area contributed by atoms with Crippen molar-refractivity contribution in [1.29, 1.82) is 5.26 Å². The van der Waals surface area contributed by atoms with E-state index in [1.54, 1.807) is 23.1 Å². The Labute approximate surface area is 158 Å². The lowest BCUT2D eigenvalue weighted by molar-refractivity contribution is -0.136. The maximum Gasteiger partial charge on any atom is 0.236 e. The zero-order valence-corrected chi connectivity index (χ0v) is 15.1. The topological polar surface area (TPSA) is 56.6 Å². The fraction of sp³-hybridized carbons (Fsp3) is 0.333. The van der Waals surface area contributed by atoms with E-state index in [0.717, 1.165) is 11.1 Å². The van der Waals surface area contributed by atoms with E-state index in [1.165, 1.54) is 12.1 Å². The average Bonchev–Trinajstić information content (AvgIpc) is 2.69. The van der Waals surface area contributed by atoms with Crippen molar-refractivity contribution in [3.8, 4) is 6.07 Å². The lowest BCUT2D eigenvalue weighted by Gasteiger charge is -2.30. The molecule has 0 bridgehead atoms. The second-order valence-corrected chi connectivity index (χ2v) is 6.58. The molecule has 0 unspecified atom stereocenters. The van der Waals surface area contributed by atoms with Gasteiger partial charge in [0, 0.05) is 26.2 Å². The number of carbonyl (C=O) groups excluding carboxylic acids is 1. The summed E-state index contributed by atoms with van der Waals surface area (Å²) in [5, 5.41) is 8.94. The molecule has 5 nitrogen and oxygen atoms in total. The average molecular weight is 367 g/mol. The van der Waals surface area contributed by atoms with Gasteiger partial charge in [0.1, 0.15) is 5.82 Å². The molecular weight excluding hydrogens is 345 g/mol. The number of nitriles is 1. The summed E-state index contributed by atoms with van der Waals surface area (Å²) in [6.45, 7) is 3.58. The molecule has 0 N–H and O–H groups in total. The molecule has 0 radical (unpaired) electrons. The van der Waals surface area contributed by atoms with Crippen LogP contribution in [0.15, 0.2) is 48.5 Å². The summed E-state index contributed by atoms with van der Waals surface area (Å²) < 4.78 is 18.8. The van der Waals surface area contributed by atoms with E-state index in [-0.39, 0.29) is 18.3 Å². The SMILES string of the molecule is N#Cc1ccc(CN(CC(=O)N2CCOCC2)Cc2cccc(F)c2)cc1. The molecule has 0 spiro atoms. The van der Waals surface area contributed by atoms with Crippen LogP contribution in [0.2, 0.25) is 0 Å². The van der Waals surface area contributed by atoms with Crippen LogP contribution in [0.1, 0.15) is 16.7 Å². The number of nitrogens with zero attached hydrogens (tertiary/aromatic N) is 3. The lowest BCUT2D eigenvalue weighted by atomic mass is 10.1. The normalized spacial score (nSPS) is 14.2. The number of carbonyl (C=O) groups is 1. The van der Waals surface area contributed by atoms with Crippen molar-refractivity contribution in [3.63, 3.8) is 0 Å². The van der Waals surface area contributed by atoms with Gasteiger partial charge in [0.15, 0.2) is 0 Å². The van der Waals surface area contributed by atoms with Crippen LogP contribution in [-0.4, -0.2) is 48.6 Å². The van der Waals surface area contributed by atoms with Gasteiger partial charge in [-0.25, -0.2) is 4.39 Å². The van der Waals surface area contributed by atoms with E-state index < -0.39 is 0 Å². The third-order valence-electron chi connectivity index (χ3n) is 4.51. The fourth-order valence-corrected chi connectivity index (χ4v) is 3.11. The van der Waals surface area contributed by atoms with Crippen LogP contribution in [0.3, 0.4) is 0 Å². The van der Waals surface area contributed by atoms with Gasteiger partial charge in [-0.15, -0.1) is 0 Å². The minimum Gasteiger partial charge on any atom is -0.378 e. The van der Waals surface area contributed by atoms with Gasteiger partial charge in [0.05, 0.1) is 31.4 Å². The van der Waals surface area contributed by atoms with Gasteiger partial charge >= 0.3 is 0 Å². The molecule has 1 saturated heterocycles. The molecule has 6 heteroatoms. The molecule has 0 atom stereocenters. The Bertz CT molecular complexity index is 811. The van der Waals surface area contributed by atoms with Crippen molar-refractivity contribution in [2.75, 3.05) is 32.8 Å². The Hall–Kier alpha value is -2.75. The fourth-order valence-electron chi connectivity index (χ4n) is 3.11. The van der Waals surface area contributed by atoms with Gasteiger partial charge in [-0.3, -0.25) is 9.69 Å². The van der Waals surface area contributed by atoms with Gasteiger partial charge in [0.2, 0.25) is 5.91 Å². The van der Waals surface area contributed by atoms with E-state index in [4.69, 9.17) is 10.00 Å². The van der Waals surface area contributed by atoms with E-state index in [1.807, 2.05) is 23.1 Å². The van der Waals surface area contributed by atoms with Crippen LogP contribution >= 0.6 is 0 Å². The Morgan fingerprint density at radius 1 is 1.11 bits per heavy atom. The van der Waals surface area contributed by atoms with Crippen molar-refractivity contribution in [2.45, 2.75) is 13.1 Å². The first-order chi connectivity index (χ1) is 13.1.